The summed E-state index contributed by atoms with van der Waals surface area (Å²) in [5.74, 6) is 0.621. The van der Waals surface area contributed by atoms with Gasteiger partial charge >= 0.3 is 0 Å². The summed E-state index contributed by atoms with van der Waals surface area (Å²) in [5.41, 5.74) is 3.37. The van der Waals surface area contributed by atoms with Crippen LogP contribution in [0.15, 0.2) is 47.6 Å². The molecule has 0 bridgehead atoms. The Balaban J connectivity index is 1.60. The molecular formula is C22H24N8O5. The molecule has 0 amide bonds. The van der Waals surface area contributed by atoms with Gasteiger partial charge in [-0.2, -0.15) is 20.1 Å². The minimum atomic E-state index is -0.575. The smallest absolute Gasteiger partial charge is 0.274 e. The summed E-state index contributed by atoms with van der Waals surface area (Å²) in [7, 11) is 0. The van der Waals surface area contributed by atoms with Crippen LogP contribution in [0.4, 0.5) is 29.2 Å². The summed E-state index contributed by atoms with van der Waals surface area (Å²) < 4.78 is 10.7. The number of nitrogens with one attached hydrogen (secondary N) is 2. The first-order valence-electron chi connectivity index (χ1n) is 10.9. The number of nitro benzene ring substituents is 1. The number of para-hydroxylation sites is 1. The van der Waals surface area contributed by atoms with Crippen molar-refractivity contribution in [1.29, 1.82) is 0 Å². The van der Waals surface area contributed by atoms with E-state index in [2.05, 4.69) is 30.8 Å². The van der Waals surface area contributed by atoms with Gasteiger partial charge in [0, 0.05) is 30.4 Å². The average molecular weight is 480 g/mol. The summed E-state index contributed by atoms with van der Waals surface area (Å²) in [4.78, 5) is 25.9. The third kappa shape index (κ3) is 6.09. The summed E-state index contributed by atoms with van der Waals surface area (Å²) in [5, 5.41) is 28.9. The molecule has 0 radical (unpaired) electrons. The molecule has 2 heterocycles. The van der Waals surface area contributed by atoms with Crippen molar-refractivity contribution in [1.82, 2.24) is 15.0 Å². The van der Waals surface area contributed by atoms with Crippen molar-refractivity contribution in [3.8, 4) is 11.5 Å². The van der Waals surface area contributed by atoms with Gasteiger partial charge in [-0.15, -0.1) is 0 Å². The van der Waals surface area contributed by atoms with Gasteiger partial charge in [-0.3, -0.25) is 10.1 Å². The Morgan fingerprint density at radius 1 is 1.20 bits per heavy atom. The van der Waals surface area contributed by atoms with Crippen LogP contribution < -0.4 is 20.4 Å². The van der Waals surface area contributed by atoms with Crippen molar-refractivity contribution >= 4 is 35.4 Å². The first-order chi connectivity index (χ1) is 17.0. The molecule has 1 aliphatic rings. The van der Waals surface area contributed by atoms with Crippen LogP contribution in [0.5, 0.6) is 11.5 Å². The van der Waals surface area contributed by atoms with Gasteiger partial charge < -0.3 is 24.8 Å². The Kier molecular flexibility index (Phi) is 7.47. The lowest BCUT2D eigenvalue weighted by Crippen LogP contribution is -2.37. The number of nitro groups is 1. The maximum Gasteiger partial charge on any atom is 0.274 e. The highest BCUT2D eigenvalue weighted by Gasteiger charge is 2.18. The normalized spacial score (nSPS) is 13.6. The van der Waals surface area contributed by atoms with Crippen LogP contribution in [0.2, 0.25) is 0 Å². The van der Waals surface area contributed by atoms with Crippen molar-refractivity contribution in [2.75, 3.05) is 48.6 Å². The molecule has 0 unspecified atom stereocenters. The highest BCUT2D eigenvalue weighted by molar-refractivity contribution is 5.86. The van der Waals surface area contributed by atoms with Crippen LogP contribution in [0.3, 0.4) is 0 Å². The van der Waals surface area contributed by atoms with Gasteiger partial charge in [-0.05, 0) is 19.1 Å². The first-order valence-corrected chi connectivity index (χ1v) is 10.9. The Hall–Kier alpha value is -4.52. The van der Waals surface area contributed by atoms with E-state index >= 15 is 0 Å². The van der Waals surface area contributed by atoms with Crippen LogP contribution in [-0.4, -0.2) is 64.1 Å². The number of rotatable bonds is 9. The van der Waals surface area contributed by atoms with Gasteiger partial charge in [0.05, 0.1) is 37.0 Å². The minimum absolute atomic E-state index is 0.00716. The van der Waals surface area contributed by atoms with Crippen LogP contribution in [0.25, 0.3) is 0 Å². The maximum absolute atomic E-state index is 11.3. The van der Waals surface area contributed by atoms with E-state index in [1.165, 1.54) is 12.3 Å². The molecule has 1 aromatic heterocycles. The van der Waals surface area contributed by atoms with Gasteiger partial charge in [-0.25, -0.2) is 5.43 Å². The predicted molar refractivity (Wildman–Crippen MR) is 130 cm³/mol. The third-order valence-electron chi connectivity index (χ3n) is 4.92. The van der Waals surface area contributed by atoms with Crippen LogP contribution >= 0.6 is 0 Å². The summed E-state index contributed by atoms with van der Waals surface area (Å²) in [6.07, 6.45) is 1.23. The Morgan fingerprint density at radius 2 is 1.94 bits per heavy atom. The van der Waals surface area contributed by atoms with Crippen molar-refractivity contribution in [3.05, 3.63) is 58.1 Å². The Morgan fingerprint density at radius 3 is 2.66 bits per heavy atom. The zero-order valence-electron chi connectivity index (χ0n) is 18.9. The van der Waals surface area contributed by atoms with Crippen molar-refractivity contribution < 1.29 is 19.5 Å². The van der Waals surface area contributed by atoms with E-state index in [0.717, 1.165) is 11.8 Å². The summed E-state index contributed by atoms with van der Waals surface area (Å²) in [6.45, 7) is 4.31. The highest BCUT2D eigenvalue weighted by Crippen LogP contribution is 2.34. The molecule has 4 rings (SSSR count). The number of phenols is 1. The molecule has 3 aromatic rings. The van der Waals surface area contributed by atoms with Gasteiger partial charge in [-0.1, -0.05) is 18.2 Å². The molecule has 1 fully saturated rings. The second-order valence-corrected chi connectivity index (χ2v) is 7.31. The number of morpholine rings is 1. The Labute approximate surface area is 200 Å². The van der Waals surface area contributed by atoms with Crippen molar-refractivity contribution in [2.24, 2.45) is 5.10 Å². The number of benzene rings is 2. The molecule has 0 spiro atoms. The molecule has 1 aliphatic heterocycles. The van der Waals surface area contributed by atoms with E-state index in [4.69, 9.17) is 9.47 Å². The number of non-ortho nitro benzene ring substituents is 1. The minimum Gasteiger partial charge on any atom is -0.504 e. The topological polar surface area (TPSA) is 160 Å². The van der Waals surface area contributed by atoms with E-state index in [1.54, 1.807) is 6.92 Å². The quantitative estimate of drug-likeness (QED) is 0.235. The zero-order valence-corrected chi connectivity index (χ0v) is 18.9. The van der Waals surface area contributed by atoms with Gasteiger partial charge in [0.15, 0.2) is 11.5 Å². The molecule has 182 valence electrons. The largest absolute Gasteiger partial charge is 0.504 e. The monoisotopic (exact) mass is 480 g/mol. The fraction of sp³-hybridized carbons (Fsp3) is 0.273. The van der Waals surface area contributed by atoms with Gasteiger partial charge in [0.25, 0.3) is 5.69 Å². The second kappa shape index (κ2) is 11.1. The number of phenolic OH excluding ortho intramolecular Hbond substituents is 1. The number of ether oxygens (including phenoxy) is 2. The molecule has 2 aromatic carbocycles. The van der Waals surface area contributed by atoms with Crippen LogP contribution in [0, 0.1) is 10.1 Å². The van der Waals surface area contributed by atoms with Gasteiger partial charge in [0.2, 0.25) is 17.8 Å². The van der Waals surface area contributed by atoms with Crippen molar-refractivity contribution in [2.45, 2.75) is 6.92 Å². The lowest BCUT2D eigenvalue weighted by atomic mass is 10.1. The number of hydrogen-bond donors (Lipinski definition) is 3. The first kappa shape index (κ1) is 23.6. The van der Waals surface area contributed by atoms with Crippen molar-refractivity contribution in [3.63, 3.8) is 0 Å². The van der Waals surface area contributed by atoms with E-state index in [-0.39, 0.29) is 35.3 Å². The molecule has 13 heteroatoms. The standard InChI is InChI=1S/C22H24N8O5/c1-2-35-18-13-17(30(32)33)12-15(19(18)31)14-23-28-21-25-20(24-16-6-4-3-5-7-16)26-22(27-21)29-8-10-34-11-9-29/h3-7,12-14,31H,2,8-11H2,1H3,(H2,24,25,26,27,28)/b23-14+. The molecule has 13 nitrogen and oxygen atoms in total. The number of hydrogen-bond acceptors (Lipinski definition) is 12. The number of anilines is 4. The maximum atomic E-state index is 11.3. The lowest BCUT2D eigenvalue weighted by Gasteiger charge is -2.27. The zero-order chi connectivity index (χ0) is 24.6. The molecule has 35 heavy (non-hydrogen) atoms. The molecule has 0 atom stereocenters. The number of aromatic nitrogens is 3. The highest BCUT2D eigenvalue weighted by atomic mass is 16.6. The van der Waals surface area contributed by atoms with Gasteiger partial charge in [0.1, 0.15) is 0 Å². The summed E-state index contributed by atoms with van der Waals surface area (Å²) in [6, 6.07) is 11.8. The third-order valence-corrected chi connectivity index (χ3v) is 4.92. The van der Waals surface area contributed by atoms with E-state index in [1.807, 2.05) is 35.2 Å². The molecule has 3 N–H and O–H groups in total. The fourth-order valence-electron chi connectivity index (χ4n) is 3.27. The van der Waals surface area contributed by atoms with Crippen LogP contribution in [-0.2, 0) is 4.74 Å². The summed E-state index contributed by atoms with van der Waals surface area (Å²) >= 11 is 0. The van der Waals surface area contributed by atoms with E-state index in [9.17, 15) is 15.2 Å². The average Bonchev–Trinajstić information content (AvgIpc) is 2.87. The number of nitrogens with zero attached hydrogens (tertiary/aromatic N) is 6. The second-order valence-electron chi connectivity index (χ2n) is 7.31. The molecule has 0 aliphatic carbocycles. The number of hydrazone groups is 1. The molecular weight excluding hydrogens is 456 g/mol. The fourth-order valence-corrected chi connectivity index (χ4v) is 3.27. The number of aromatic hydroxyl groups is 1. The van der Waals surface area contributed by atoms with Crippen LogP contribution in [0.1, 0.15) is 12.5 Å². The molecule has 1 saturated heterocycles. The van der Waals surface area contributed by atoms with E-state index < -0.39 is 4.92 Å². The SMILES string of the molecule is CCOc1cc([N+](=O)[O-])cc(/C=N/Nc2nc(Nc3ccccc3)nc(N3CCOCC3)n2)c1O. The lowest BCUT2D eigenvalue weighted by molar-refractivity contribution is -0.385. The Bertz CT molecular complexity index is 1200. The molecule has 0 saturated carbocycles. The van der Waals surface area contributed by atoms with E-state index in [0.29, 0.717) is 38.2 Å². The predicted octanol–water partition coefficient (Wildman–Crippen LogP) is 2.91.